The number of hydrogen-bond donors (Lipinski definition) is 8. The summed E-state index contributed by atoms with van der Waals surface area (Å²) in [6, 6.07) is 8.10. The Hall–Kier alpha value is -4.91. The number of carbonyl (C=O) groups excluding carboxylic acids is 3. The molecule has 0 saturated carbocycles. The van der Waals surface area contributed by atoms with Crippen molar-refractivity contribution >= 4 is 40.6 Å². The lowest BCUT2D eigenvalue weighted by atomic mass is 9.96. The van der Waals surface area contributed by atoms with Crippen molar-refractivity contribution in [1.29, 1.82) is 0 Å². The van der Waals surface area contributed by atoms with Gasteiger partial charge in [-0.05, 0) is 35.2 Å². The van der Waals surface area contributed by atoms with Gasteiger partial charge < -0.3 is 42.0 Å². The van der Waals surface area contributed by atoms with Gasteiger partial charge in [-0.3, -0.25) is 19.2 Å². The minimum Gasteiger partial charge on any atom is -0.508 e. The molecule has 9 N–H and O–H groups in total. The maximum absolute atomic E-state index is 13.5. The normalized spacial score (nSPS) is 14.6. The van der Waals surface area contributed by atoms with Crippen LogP contribution in [0.2, 0.25) is 0 Å². The maximum atomic E-state index is 13.5. The second-order valence-electron chi connectivity index (χ2n) is 10.5. The number of nitrogens with one attached hydrogen (secondary N) is 4. The fourth-order valence-electron chi connectivity index (χ4n) is 4.57. The number of nitrogens with two attached hydrogens (primary N) is 1. The molecule has 0 aliphatic carbocycles. The molecule has 1 heterocycles. The summed E-state index contributed by atoms with van der Waals surface area (Å²) in [4.78, 5) is 65.9. The van der Waals surface area contributed by atoms with E-state index in [2.05, 4.69) is 20.9 Å². The summed E-state index contributed by atoms with van der Waals surface area (Å²) >= 11 is 0. The van der Waals surface area contributed by atoms with E-state index in [0.717, 1.165) is 10.9 Å². The van der Waals surface area contributed by atoms with Crippen molar-refractivity contribution in [3.63, 3.8) is 0 Å². The Balaban J connectivity index is 1.80. The van der Waals surface area contributed by atoms with Crippen molar-refractivity contribution in [1.82, 2.24) is 20.9 Å². The first-order valence-corrected chi connectivity index (χ1v) is 13.8. The highest BCUT2D eigenvalue weighted by atomic mass is 16.4. The summed E-state index contributed by atoms with van der Waals surface area (Å²) in [7, 11) is 0. The molecule has 3 amide bonds. The largest absolute Gasteiger partial charge is 0.508 e. The Bertz CT molecular complexity index is 1450. The van der Waals surface area contributed by atoms with E-state index in [1.807, 2.05) is 24.3 Å². The number of aromatic amines is 1. The van der Waals surface area contributed by atoms with Gasteiger partial charge in [-0.2, -0.15) is 0 Å². The highest BCUT2D eigenvalue weighted by Crippen LogP contribution is 2.20. The topological polar surface area (TPSA) is 224 Å². The van der Waals surface area contributed by atoms with E-state index in [1.165, 1.54) is 12.1 Å². The van der Waals surface area contributed by atoms with Gasteiger partial charge in [0.05, 0.1) is 12.5 Å². The fourth-order valence-corrected chi connectivity index (χ4v) is 4.57. The zero-order valence-electron chi connectivity index (χ0n) is 23.9. The second kappa shape index (κ2) is 14.8. The number of amides is 3. The first kappa shape index (κ1) is 32.6. The number of carboxylic acids is 2. The molecule has 0 aliphatic heterocycles. The lowest BCUT2D eigenvalue weighted by molar-refractivity contribution is -0.142. The predicted octanol–water partition coefficient (Wildman–Crippen LogP) is 1.05. The van der Waals surface area contributed by atoms with Crippen molar-refractivity contribution in [2.24, 2.45) is 11.7 Å². The first-order valence-electron chi connectivity index (χ1n) is 13.8. The number of rotatable bonds is 15. The van der Waals surface area contributed by atoms with Gasteiger partial charge in [-0.1, -0.05) is 50.6 Å². The predicted molar refractivity (Wildman–Crippen MR) is 157 cm³/mol. The van der Waals surface area contributed by atoms with Crippen LogP contribution in [0.25, 0.3) is 10.9 Å². The number of hydrogen-bond acceptors (Lipinski definition) is 7. The standard InChI is InChI=1S/C30H37N5O8/c1-3-16(2)26(29(41)34-24(30(42)43)13-18-15-32-22-7-5-4-6-20(18)22)35-28(40)23(12-17-8-10-19(36)11-9-17)33-27(39)21(31)14-25(37)38/h4-11,15-16,21,23-24,26,32,36H,3,12-14,31H2,1-2H3,(H,33,39)(H,34,41)(H,35,40)(H,37,38)(H,42,43). The van der Waals surface area contributed by atoms with Crippen molar-refractivity contribution in [2.45, 2.75) is 63.7 Å². The number of H-pyrrole nitrogens is 1. The van der Waals surface area contributed by atoms with Crippen LogP contribution in [0, 0.1) is 5.92 Å². The van der Waals surface area contributed by atoms with E-state index in [4.69, 9.17) is 10.8 Å². The van der Waals surface area contributed by atoms with Gasteiger partial charge in [0, 0.05) is 29.9 Å². The molecule has 2 aromatic carbocycles. The molecule has 13 nitrogen and oxygen atoms in total. The van der Waals surface area contributed by atoms with Gasteiger partial charge in [0.25, 0.3) is 0 Å². The van der Waals surface area contributed by atoms with Crippen molar-refractivity contribution < 1.29 is 39.3 Å². The lowest BCUT2D eigenvalue weighted by Gasteiger charge is -2.28. The average Bonchev–Trinajstić information content (AvgIpc) is 3.37. The Morgan fingerprint density at radius 2 is 1.51 bits per heavy atom. The monoisotopic (exact) mass is 595 g/mol. The Morgan fingerprint density at radius 3 is 2.14 bits per heavy atom. The summed E-state index contributed by atoms with van der Waals surface area (Å²) in [5, 5.41) is 37.0. The average molecular weight is 596 g/mol. The van der Waals surface area contributed by atoms with E-state index < -0.39 is 66.2 Å². The van der Waals surface area contributed by atoms with Crippen molar-refractivity contribution in [2.75, 3.05) is 0 Å². The Morgan fingerprint density at radius 1 is 0.860 bits per heavy atom. The van der Waals surface area contributed by atoms with Crippen molar-refractivity contribution in [3.8, 4) is 5.75 Å². The third-order valence-electron chi connectivity index (χ3n) is 7.25. The molecular formula is C30H37N5O8. The fraction of sp³-hybridized carbons (Fsp3) is 0.367. The van der Waals surface area contributed by atoms with E-state index >= 15 is 0 Å². The molecule has 5 atom stereocenters. The smallest absolute Gasteiger partial charge is 0.326 e. The van der Waals surface area contributed by atoms with Gasteiger partial charge in [0.2, 0.25) is 17.7 Å². The van der Waals surface area contributed by atoms with E-state index in [0.29, 0.717) is 17.5 Å². The Labute approximate surface area is 247 Å². The number of phenols is 1. The lowest BCUT2D eigenvalue weighted by Crippen LogP contribution is -2.59. The number of fused-ring (bicyclic) bond motifs is 1. The van der Waals surface area contributed by atoms with Gasteiger partial charge in [-0.15, -0.1) is 0 Å². The molecule has 1 aromatic heterocycles. The van der Waals surface area contributed by atoms with Gasteiger partial charge >= 0.3 is 11.9 Å². The third kappa shape index (κ3) is 9.04. The van der Waals surface area contributed by atoms with Crippen LogP contribution in [0.4, 0.5) is 0 Å². The van der Waals surface area contributed by atoms with Crippen LogP contribution in [-0.2, 0) is 36.8 Å². The van der Waals surface area contributed by atoms with Crippen LogP contribution in [0.5, 0.6) is 5.75 Å². The molecule has 13 heteroatoms. The van der Waals surface area contributed by atoms with Crippen LogP contribution >= 0.6 is 0 Å². The third-order valence-corrected chi connectivity index (χ3v) is 7.25. The molecular weight excluding hydrogens is 558 g/mol. The molecule has 0 fully saturated rings. The van der Waals surface area contributed by atoms with E-state index in [9.17, 15) is 34.2 Å². The summed E-state index contributed by atoms with van der Waals surface area (Å²) < 4.78 is 0. The number of benzene rings is 2. The zero-order chi connectivity index (χ0) is 31.7. The molecule has 230 valence electrons. The number of aliphatic carboxylic acids is 2. The van der Waals surface area contributed by atoms with Gasteiger partial charge in [-0.25, -0.2) is 4.79 Å². The van der Waals surface area contributed by atoms with Crippen LogP contribution in [0.3, 0.4) is 0 Å². The molecule has 43 heavy (non-hydrogen) atoms. The minimum atomic E-state index is -1.43. The van der Waals surface area contributed by atoms with E-state index in [1.54, 1.807) is 32.2 Å². The van der Waals surface area contributed by atoms with Gasteiger partial charge in [0.15, 0.2) is 0 Å². The number of carbonyl (C=O) groups is 5. The number of carboxylic acid groups (broad SMARTS) is 2. The van der Waals surface area contributed by atoms with E-state index in [-0.39, 0.29) is 18.6 Å². The number of phenolic OH excluding ortho intramolecular Hbond substituents is 1. The number of para-hydroxylation sites is 1. The molecule has 5 unspecified atom stereocenters. The quantitative estimate of drug-likeness (QED) is 0.125. The summed E-state index contributed by atoms with van der Waals surface area (Å²) in [6.45, 7) is 3.52. The molecule has 0 spiro atoms. The highest BCUT2D eigenvalue weighted by molar-refractivity contribution is 5.95. The molecule has 3 rings (SSSR count). The molecule has 0 bridgehead atoms. The summed E-state index contributed by atoms with van der Waals surface area (Å²) in [5.74, 6) is -5.33. The maximum Gasteiger partial charge on any atom is 0.326 e. The Kier molecular flexibility index (Phi) is 11.2. The van der Waals surface area contributed by atoms with Crippen LogP contribution in [0.1, 0.15) is 37.8 Å². The highest BCUT2D eigenvalue weighted by Gasteiger charge is 2.33. The van der Waals surface area contributed by atoms with Gasteiger partial charge in [0.1, 0.15) is 23.9 Å². The number of aromatic nitrogens is 1. The second-order valence-corrected chi connectivity index (χ2v) is 10.5. The van der Waals surface area contributed by atoms with Crippen molar-refractivity contribution in [3.05, 3.63) is 65.9 Å². The number of aromatic hydroxyl groups is 1. The molecule has 0 radical (unpaired) electrons. The summed E-state index contributed by atoms with van der Waals surface area (Å²) in [6.07, 6.45) is 1.41. The SMILES string of the molecule is CCC(C)C(NC(=O)C(Cc1ccc(O)cc1)NC(=O)C(N)CC(=O)O)C(=O)NC(Cc1c[nH]c2ccccc12)C(=O)O. The van der Waals surface area contributed by atoms with Crippen LogP contribution < -0.4 is 21.7 Å². The van der Waals surface area contributed by atoms with Crippen LogP contribution in [-0.4, -0.2) is 74.1 Å². The minimum absolute atomic E-state index is 0.00669. The summed E-state index contributed by atoms with van der Waals surface area (Å²) in [5.41, 5.74) is 7.77. The molecule has 3 aromatic rings. The first-order chi connectivity index (χ1) is 20.4. The molecule has 0 saturated heterocycles. The van der Waals surface area contributed by atoms with Crippen LogP contribution in [0.15, 0.2) is 54.7 Å². The molecule has 0 aliphatic rings. The zero-order valence-corrected chi connectivity index (χ0v) is 23.9.